The summed E-state index contributed by atoms with van der Waals surface area (Å²) in [6, 6.07) is 0.441. The van der Waals surface area contributed by atoms with Gasteiger partial charge in [-0.2, -0.15) is 5.10 Å². The van der Waals surface area contributed by atoms with E-state index in [2.05, 4.69) is 42.3 Å². The molecule has 0 bridgehead atoms. The third-order valence-corrected chi connectivity index (χ3v) is 4.39. The second-order valence-electron chi connectivity index (χ2n) is 6.31. The summed E-state index contributed by atoms with van der Waals surface area (Å²) in [4.78, 5) is 2.49. The summed E-state index contributed by atoms with van der Waals surface area (Å²) in [5.41, 5.74) is 1.58. The average Bonchev–Trinajstić information content (AvgIpc) is 3.07. The van der Waals surface area contributed by atoms with Crippen molar-refractivity contribution in [2.24, 2.45) is 5.92 Å². The van der Waals surface area contributed by atoms with Gasteiger partial charge in [0.2, 0.25) is 0 Å². The largest absolute Gasteiger partial charge is 0.366 e. The van der Waals surface area contributed by atoms with Crippen LogP contribution < -0.4 is 10.2 Å². The Kier molecular flexibility index (Phi) is 2.85. The first-order valence-electron chi connectivity index (χ1n) is 7.12. The number of hydrogen-bond acceptors (Lipinski definition) is 3. The van der Waals surface area contributed by atoms with Gasteiger partial charge in [-0.15, -0.1) is 0 Å². The van der Waals surface area contributed by atoms with Crippen LogP contribution in [-0.4, -0.2) is 35.0 Å². The molecule has 0 amide bonds. The standard InChI is InChI=1S/C14H24N4/c1-11(2)18-9-13(8-16-18)17-7-6-15-14(3,10-17)12-4-5-12/h8-9,11-12,15H,4-7,10H2,1-3H3. The first kappa shape index (κ1) is 12.0. The summed E-state index contributed by atoms with van der Waals surface area (Å²) in [6.07, 6.45) is 6.98. The number of hydrogen-bond donors (Lipinski definition) is 1. The van der Waals surface area contributed by atoms with E-state index in [1.165, 1.54) is 18.5 Å². The normalized spacial score (nSPS) is 29.0. The van der Waals surface area contributed by atoms with E-state index in [9.17, 15) is 0 Å². The molecule has 2 heterocycles. The van der Waals surface area contributed by atoms with Gasteiger partial charge in [0, 0.05) is 37.4 Å². The Morgan fingerprint density at radius 2 is 2.22 bits per heavy atom. The topological polar surface area (TPSA) is 33.1 Å². The number of anilines is 1. The van der Waals surface area contributed by atoms with Crippen LogP contribution in [0.1, 0.15) is 39.7 Å². The Hall–Kier alpha value is -1.03. The summed E-state index contributed by atoms with van der Waals surface area (Å²) in [5, 5.41) is 8.17. The van der Waals surface area contributed by atoms with E-state index in [0.29, 0.717) is 11.6 Å². The summed E-state index contributed by atoms with van der Waals surface area (Å²) >= 11 is 0. The van der Waals surface area contributed by atoms with Crippen LogP contribution in [0.5, 0.6) is 0 Å². The van der Waals surface area contributed by atoms with E-state index in [4.69, 9.17) is 0 Å². The van der Waals surface area contributed by atoms with Gasteiger partial charge in [-0.1, -0.05) is 0 Å². The van der Waals surface area contributed by atoms with Crippen molar-refractivity contribution in [2.75, 3.05) is 24.5 Å². The maximum Gasteiger partial charge on any atom is 0.0753 e. The maximum atomic E-state index is 4.45. The molecule has 1 aliphatic carbocycles. The molecule has 1 aromatic heterocycles. The number of rotatable bonds is 3. The molecular formula is C14H24N4. The van der Waals surface area contributed by atoms with E-state index in [-0.39, 0.29) is 0 Å². The van der Waals surface area contributed by atoms with Crippen LogP contribution in [0.25, 0.3) is 0 Å². The lowest BCUT2D eigenvalue weighted by atomic mass is 9.93. The SMILES string of the molecule is CC(C)n1cc(N2CCNC(C)(C3CC3)C2)cn1. The minimum Gasteiger partial charge on any atom is -0.366 e. The van der Waals surface area contributed by atoms with Gasteiger partial charge in [-0.3, -0.25) is 4.68 Å². The van der Waals surface area contributed by atoms with Gasteiger partial charge in [-0.05, 0) is 39.5 Å². The summed E-state index contributed by atoms with van der Waals surface area (Å²) in [6.45, 7) is 10.0. The van der Waals surface area contributed by atoms with Crippen LogP contribution in [-0.2, 0) is 0 Å². The molecule has 0 aromatic carbocycles. The molecule has 1 atom stereocenters. The lowest BCUT2D eigenvalue weighted by molar-refractivity contribution is 0.285. The summed E-state index contributed by atoms with van der Waals surface area (Å²) < 4.78 is 2.05. The Morgan fingerprint density at radius 3 is 2.83 bits per heavy atom. The highest BCUT2D eigenvalue weighted by Gasteiger charge is 2.44. The third-order valence-electron chi connectivity index (χ3n) is 4.39. The fourth-order valence-corrected chi connectivity index (χ4v) is 3.00. The molecule has 1 saturated carbocycles. The van der Waals surface area contributed by atoms with Gasteiger partial charge in [0.25, 0.3) is 0 Å². The minimum atomic E-state index is 0.304. The molecule has 3 rings (SSSR count). The molecule has 0 spiro atoms. The third kappa shape index (κ3) is 2.14. The van der Waals surface area contributed by atoms with E-state index < -0.39 is 0 Å². The molecule has 4 heteroatoms. The highest BCUT2D eigenvalue weighted by atomic mass is 15.3. The highest BCUT2D eigenvalue weighted by Crippen LogP contribution is 2.41. The van der Waals surface area contributed by atoms with Gasteiger partial charge in [0.15, 0.2) is 0 Å². The predicted molar refractivity (Wildman–Crippen MR) is 74.0 cm³/mol. The number of nitrogens with one attached hydrogen (secondary N) is 1. The Morgan fingerprint density at radius 1 is 1.44 bits per heavy atom. The quantitative estimate of drug-likeness (QED) is 0.888. The summed E-state index contributed by atoms with van der Waals surface area (Å²) in [7, 11) is 0. The fourth-order valence-electron chi connectivity index (χ4n) is 3.00. The first-order chi connectivity index (χ1) is 8.58. The molecule has 1 aromatic rings. The van der Waals surface area contributed by atoms with E-state index in [0.717, 1.165) is 25.6 Å². The molecule has 100 valence electrons. The Labute approximate surface area is 109 Å². The Balaban J connectivity index is 1.74. The van der Waals surface area contributed by atoms with Crippen LogP contribution in [0, 0.1) is 5.92 Å². The van der Waals surface area contributed by atoms with Crippen molar-refractivity contribution in [3.8, 4) is 0 Å². The molecule has 2 aliphatic rings. The van der Waals surface area contributed by atoms with Gasteiger partial charge in [0.1, 0.15) is 0 Å². The highest BCUT2D eigenvalue weighted by molar-refractivity contribution is 5.44. The summed E-state index contributed by atoms with van der Waals surface area (Å²) in [5.74, 6) is 0.875. The number of piperazine rings is 1. The lowest BCUT2D eigenvalue weighted by Crippen LogP contribution is -2.60. The van der Waals surface area contributed by atoms with Crippen molar-refractivity contribution in [1.82, 2.24) is 15.1 Å². The second kappa shape index (κ2) is 4.26. The van der Waals surface area contributed by atoms with Crippen molar-refractivity contribution in [2.45, 2.75) is 45.2 Å². The maximum absolute atomic E-state index is 4.45. The lowest BCUT2D eigenvalue weighted by Gasteiger charge is -2.42. The molecular weight excluding hydrogens is 224 g/mol. The van der Waals surface area contributed by atoms with Crippen LogP contribution in [0.4, 0.5) is 5.69 Å². The van der Waals surface area contributed by atoms with Crippen LogP contribution in [0.15, 0.2) is 12.4 Å². The zero-order chi connectivity index (χ0) is 12.8. The van der Waals surface area contributed by atoms with Crippen molar-refractivity contribution in [3.63, 3.8) is 0 Å². The second-order valence-corrected chi connectivity index (χ2v) is 6.31. The minimum absolute atomic E-state index is 0.304. The van der Waals surface area contributed by atoms with Gasteiger partial charge in [0.05, 0.1) is 11.9 Å². The monoisotopic (exact) mass is 248 g/mol. The van der Waals surface area contributed by atoms with E-state index >= 15 is 0 Å². The molecule has 1 unspecified atom stereocenters. The van der Waals surface area contributed by atoms with Gasteiger partial charge < -0.3 is 10.2 Å². The van der Waals surface area contributed by atoms with Gasteiger partial charge in [-0.25, -0.2) is 0 Å². The number of aromatic nitrogens is 2. The fraction of sp³-hybridized carbons (Fsp3) is 0.786. The molecule has 2 fully saturated rings. The predicted octanol–water partition coefficient (Wildman–Crippen LogP) is 2.04. The average molecular weight is 248 g/mol. The molecule has 4 nitrogen and oxygen atoms in total. The molecule has 1 N–H and O–H groups in total. The van der Waals surface area contributed by atoms with Crippen LogP contribution >= 0.6 is 0 Å². The molecule has 1 aliphatic heterocycles. The van der Waals surface area contributed by atoms with E-state index in [1.807, 2.05) is 10.9 Å². The van der Waals surface area contributed by atoms with E-state index in [1.54, 1.807) is 0 Å². The van der Waals surface area contributed by atoms with Crippen LogP contribution in [0.2, 0.25) is 0 Å². The van der Waals surface area contributed by atoms with Crippen molar-refractivity contribution in [3.05, 3.63) is 12.4 Å². The zero-order valence-corrected chi connectivity index (χ0v) is 11.7. The van der Waals surface area contributed by atoms with Crippen LogP contribution in [0.3, 0.4) is 0 Å². The number of nitrogens with zero attached hydrogens (tertiary/aromatic N) is 3. The van der Waals surface area contributed by atoms with Gasteiger partial charge >= 0.3 is 0 Å². The molecule has 0 radical (unpaired) electrons. The zero-order valence-electron chi connectivity index (χ0n) is 11.7. The Bertz CT molecular complexity index is 421. The van der Waals surface area contributed by atoms with Crippen molar-refractivity contribution in [1.29, 1.82) is 0 Å². The molecule has 18 heavy (non-hydrogen) atoms. The van der Waals surface area contributed by atoms with Crippen molar-refractivity contribution < 1.29 is 0 Å². The smallest absolute Gasteiger partial charge is 0.0753 e. The van der Waals surface area contributed by atoms with Crippen molar-refractivity contribution >= 4 is 5.69 Å². The first-order valence-corrected chi connectivity index (χ1v) is 7.12. The molecule has 1 saturated heterocycles.